The van der Waals surface area contributed by atoms with Crippen LogP contribution in [0.15, 0.2) is 28.9 Å². The first-order chi connectivity index (χ1) is 8.99. The summed E-state index contributed by atoms with van der Waals surface area (Å²) in [7, 11) is 1.82. The van der Waals surface area contributed by atoms with Gasteiger partial charge in [-0.1, -0.05) is 0 Å². The topological polar surface area (TPSA) is 55.1 Å². The highest BCUT2D eigenvalue weighted by molar-refractivity contribution is 9.10. The number of hydrogen-bond acceptors (Lipinski definition) is 2. The molecule has 2 rings (SSSR count). The van der Waals surface area contributed by atoms with Crippen LogP contribution in [0.3, 0.4) is 0 Å². The number of carbonyl (C=O) groups is 1. The molecule has 0 unspecified atom stereocenters. The number of carboxylic acid groups (broad SMARTS) is 1. The van der Waals surface area contributed by atoms with Crippen LogP contribution >= 0.6 is 15.9 Å². The molecule has 1 aromatic heterocycles. The van der Waals surface area contributed by atoms with E-state index in [4.69, 9.17) is 5.11 Å². The van der Waals surface area contributed by atoms with Crippen LogP contribution in [-0.4, -0.2) is 20.6 Å². The lowest BCUT2D eigenvalue weighted by Gasteiger charge is -2.02. The largest absolute Gasteiger partial charge is 0.481 e. The minimum absolute atomic E-state index is 0.0263. The molecule has 1 aromatic carbocycles. The second kappa shape index (κ2) is 5.52. The van der Waals surface area contributed by atoms with E-state index in [1.165, 1.54) is 12.1 Å². The number of benzene rings is 1. The summed E-state index contributed by atoms with van der Waals surface area (Å²) in [5, 5.41) is 8.70. The highest BCUT2D eigenvalue weighted by Gasteiger charge is 2.14. The zero-order valence-corrected chi connectivity index (χ0v) is 11.8. The summed E-state index contributed by atoms with van der Waals surface area (Å²) in [4.78, 5) is 15.0. The number of aliphatic carboxylic acids is 1. The number of hydrogen-bond donors (Lipinski definition) is 1. The maximum atomic E-state index is 12.9. The highest BCUT2D eigenvalue weighted by atomic mass is 79.9. The van der Waals surface area contributed by atoms with E-state index in [1.54, 1.807) is 12.1 Å². The molecule has 0 saturated heterocycles. The fourth-order valence-electron chi connectivity index (χ4n) is 1.78. The standard InChI is InChI=1S/C13H12BrFN2O2/c1-17-12(14)10(6-7-11(18)19)16-13(17)8-2-4-9(15)5-3-8/h2-5H,6-7H2,1H3,(H,18,19). The van der Waals surface area contributed by atoms with Gasteiger partial charge in [0.05, 0.1) is 12.1 Å². The molecule has 0 saturated carbocycles. The first-order valence-electron chi connectivity index (χ1n) is 5.68. The Morgan fingerprint density at radius 1 is 1.42 bits per heavy atom. The van der Waals surface area contributed by atoms with Crippen molar-refractivity contribution >= 4 is 21.9 Å². The molecule has 4 nitrogen and oxygen atoms in total. The Bertz CT molecular complexity index is 608. The zero-order valence-electron chi connectivity index (χ0n) is 10.2. The lowest BCUT2D eigenvalue weighted by Crippen LogP contribution is -1.98. The summed E-state index contributed by atoms with van der Waals surface area (Å²) in [5.41, 5.74) is 1.47. The summed E-state index contributed by atoms with van der Waals surface area (Å²) in [5.74, 6) is -0.490. The molecule has 0 aliphatic heterocycles. The van der Waals surface area contributed by atoms with E-state index in [2.05, 4.69) is 20.9 Å². The average molecular weight is 327 g/mol. The number of halogens is 2. The molecule has 1 heterocycles. The van der Waals surface area contributed by atoms with Crippen LogP contribution in [0.1, 0.15) is 12.1 Å². The highest BCUT2D eigenvalue weighted by Crippen LogP contribution is 2.26. The maximum absolute atomic E-state index is 12.9. The molecule has 19 heavy (non-hydrogen) atoms. The van der Waals surface area contributed by atoms with Gasteiger partial charge in [-0.05, 0) is 40.2 Å². The molecular formula is C13H12BrFN2O2. The Labute approximate surface area is 118 Å². The average Bonchev–Trinajstić information content (AvgIpc) is 2.65. The smallest absolute Gasteiger partial charge is 0.303 e. The molecule has 1 N–H and O–H groups in total. The molecule has 0 aliphatic carbocycles. The molecule has 6 heteroatoms. The molecular weight excluding hydrogens is 315 g/mol. The molecule has 0 atom stereocenters. The Morgan fingerprint density at radius 3 is 2.63 bits per heavy atom. The van der Waals surface area contributed by atoms with Crippen molar-refractivity contribution in [2.75, 3.05) is 0 Å². The quantitative estimate of drug-likeness (QED) is 0.939. The van der Waals surface area contributed by atoms with Crippen molar-refractivity contribution in [2.24, 2.45) is 7.05 Å². The number of nitrogens with zero attached hydrogens (tertiary/aromatic N) is 2. The summed E-state index contributed by atoms with van der Waals surface area (Å²) >= 11 is 3.40. The van der Waals surface area contributed by atoms with Gasteiger partial charge in [-0.15, -0.1) is 0 Å². The SMILES string of the molecule is Cn1c(-c2ccc(F)cc2)nc(CCC(=O)O)c1Br. The normalized spacial score (nSPS) is 10.7. The molecule has 0 fully saturated rings. The number of carboxylic acids is 1. The molecule has 0 bridgehead atoms. The Morgan fingerprint density at radius 2 is 2.05 bits per heavy atom. The van der Waals surface area contributed by atoms with Crippen molar-refractivity contribution in [1.29, 1.82) is 0 Å². The van der Waals surface area contributed by atoms with E-state index < -0.39 is 5.97 Å². The summed E-state index contributed by atoms with van der Waals surface area (Å²) in [6.45, 7) is 0. The van der Waals surface area contributed by atoms with Crippen molar-refractivity contribution in [3.8, 4) is 11.4 Å². The third kappa shape index (κ3) is 3.01. The number of rotatable bonds is 4. The first-order valence-corrected chi connectivity index (χ1v) is 6.47. The third-order valence-corrected chi connectivity index (χ3v) is 3.76. The fourth-order valence-corrected chi connectivity index (χ4v) is 2.23. The Kier molecular flexibility index (Phi) is 3.99. The second-order valence-electron chi connectivity index (χ2n) is 4.13. The van der Waals surface area contributed by atoms with E-state index >= 15 is 0 Å². The van der Waals surface area contributed by atoms with Crippen LogP contribution in [0.25, 0.3) is 11.4 Å². The van der Waals surface area contributed by atoms with E-state index in [0.29, 0.717) is 17.9 Å². The van der Waals surface area contributed by atoms with Gasteiger partial charge in [0.1, 0.15) is 16.2 Å². The molecule has 0 spiro atoms. The second-order valence-corrected chi connectivity index (χ2v) is 4.88. The monoisotopic (exact) mass is 326 g/mol. The molecule has 0 aliphatic rings. The van der Waals surface area contributed by atoms with E-state index in [9.17, 15) is 9.18 Å². The maximum Gasteiger partial charge on any atom is 0.303 e. The van der Waals surface area contributed by atoms with Gasteiger partial charge in [0.2, 0.25) is 0 Å². The van der Waals surface area contributed by atoms with Crippen LogP contribution in [0, 0.1) is 5.82 Å². The number of aryl methyl sites for hydroxylation is 1. The minimum atomic E-state index is -0.860. The van der Waals surface area contributed by atoms with Gasteiger partial charge in [-0.25, -0.2) is 9.37 Å². The van der Waals surface area contributed by atoms with Crippen LogP contribution in [0.4, 0.5) is 4.39 Å². The Hall–Kier alpha value is -1.69. The number of imidazole rings is 1. The summed E-state index contributed by atoms with van der Waals surface area (Å²) in [6, 6.07) is 6.03. The van der Waals surface area contributed by atoms with Gasteiger partial charge >= 0.3 is 5.97 Å². The van der Waals surface area contributed by atoms with E-state index in [0.717, 1.165) is 10.2 Å². The van der Waals surface area contributed by atoms with Gasteiger partial charge in [-0.3, -0.25) is 4.79 Å². The van der Waals surface area contributed by atoms with E-state index in [1.807, 2.05) is 11.6 Å². The van der Waals surface area contributed by atoms with E-state index in [-0.39, 0.29) is 12.2 Å². The molecule has 0 amide bonds. The van der Waals surface area contributed by atoms with Crippen molar-refractivity contribution in [3.63, 3.8) is 0 Å². The number of aromatic nitrogens is 2. The van der Waals surface area contributed by atoms with Crippen molar-refractivity contribution in [1.82, 2.24) is 9.55 Å². The van der Waals surface area contributed by atoms with Gasteiger partial charge < -0.3 is 9.67 Å². The van der Waals surface area contributed by atoms with Gasteiger partial charge in [0.25, 0.3) is 0 Å². The molecule has 100 valence electrons. The van der Waals surface area contributed by atoms with Crippen molar-refractivity contribution in [3.05, 3.63) is 40.4 Å². The van der Waals surface area contributed by atoms with Gasteiger partial charge in [0, 0.05) is 19.0 Å². The lowest BCUT2D eigenvalue weighted by atomic mass is 10.2. The predicted molar refractivity (Wildman–Crippen MR) is 72.3 cm³/mol. The van der Waals surface area contributed by atoms with Crippen molar-refractivity contribution < 1.29 is 14.3 Å². The van der Waals surface area contributed by atoms with Crippen LogP contribution in [0.2, 0.25) is 0 Å². The predicted octanol–water partition coefficient (Wildman–Crippen LogP) is 3.01. The lowest BCUT2D eigenvalue weighted by molar-refractivity contribution is -0.136. The summed E-state index contributed by atoms with van der Waals surface area (Å²) < 4.78 is 15.4. The third-order valence-electron chi connectivity index (χ3n) is 2.77. The van der Waals surface area contributed by atoms with Crippen LogP contribution in [0.5, 0.6) is 0 Å². The minimum Gasteiger partial charge on any atom is -0.481 e. The van der Waals surface area contributed by atoms with Crippen molar-refractivity contribution in [2.45, 2.75) is 12.8 Å². The first kappa shape index (κ1) is 13.7. The fraction of sp³-hybridized carbons (Fsp3) is 0.231. The summed E-state index contributed by atoms with van der Waals surface area (Å²) in [6.07, 6.45) is 0.378. The van der Waals surface area contributed by atoms with Gasteiger partial charge in [0.15, 0.2) is 0 Å². The van der Waals surface area contributed by atoms with Crippen LogP contribution in [-0.2, 0) is 18.3 Å². The molecule has 0 radical (unpaired) electrons. The zero-order chi connectivity index (χ0) is 14.0. The molecule has 2 aromatic rings. The van der Waals surface area contributed by atoms with Crippen LogP contribution < -0.4 is 0 Å². The Balaban J connectivity index is 2.34. The van der Waals surface area contributed by atoms with Gasteiger partial charge in [-0.2, -0.15) is 0 Å².